The summed E-state index contributed by atoms with van der Waals surface area (Å²) in [4.78, 5) is 38.2. The maximum absolute atomic E-state index is 12.8. The molecule has 1 aliphatic rings. The number of anilines is 2. The fraction of sp³-hybridized carbons (Fsp3) is 0.190. The smallest absolute Gasteiger partial charge is 0.338 e. The van der Waals surface area contributed by atoms with Crippen LogP contribution in [0.5, 0.6) is 0 Å². The Morgan fingerprint density at radius 3 is 2.34 bits per heavy atom. The lowest BCUT2D eigenvalue weighted by atomic mass is 10.2. The van der Waals surface area contributed by atoms with Crippen LogP contribution in [0.2, 0.25) is 0 Å². The minimum absolute atomic E-state index is 0.00603. The largest absolute Gasteiger partial charge is 0.462 e. The Hall–Kier alpha value is -2.39. The van der Waals surface area contributed by atoms with Crippen molar-refractivity contribution in [3.05, 3.63) is 68.4 Å². The van der Waals surface area contributed by atoms with Gasteiger partial charge in [-0.2, -0.15) is 0 Å². The number of unbranched alkanes of at least 4 members (excludes halogenated alkanes) is 1. The number of hydrogen-bond donors (Lipinski definition) is 1. The Balaban J connectivity index is 1.72. The van der Waals surface area contributed by atoms with Crippen LogP contribution in [-0.2, 0) is 14.3 Å². The molecule has 2 amide bonds. The van der Waals surface area contributed by atoms with Crippen molar-refractivity contribution in [2.24, 2.45) is 0 Å². The molecule has 1 N–H and O–H groups in total. The molecule has 2 aromatic carbocycles. The standard InChI is InChI=1S/C21H18ClIN2O4/c1-2-3-12-29-21(28)13-4-8-15(9-5-13)24-18-17(22)19(26)25(20(18)27)16-10-6-14(23)7-11-16/h4-11,24H,2-3,12H2,1H3. The highest BCUT2D eigenvalue weighted by atomic mass is 127. The zero-order chi connectivity index (χ0) is 21.0. The maximum Gasteiger partial charge on any atom is 0.338 e. The molecule has 150 valence electrons. The first-order chi connectivity index (χ1) is 13.9. The number of rotatable bonds is 7. The van der Waals surface area contributed by atoms with Gasteiger partial charge in [0.25, 0.3) is 11.8 Å². The lowest BCUT2D eigenvalue weighted by Gasteiger charge is -2.15. The Kier molecular flexibility index (Phi) is 6.92. The zero-order valence-electron chi connectivity index (χ0n) is 15.6. The number of benzene rings is 2. The molecule has 6 nitrogen and oxygen atoms in total. The number of esters is 1. The van der Waals surface area contributed by atoms with Crippen molar-refractivity contribution in [2.45, 2.75) is 19.8 Å². The van der Waals surface area contributed by atoms with Gasteiger partial charge in [-0.3, -0.25) is 9.59 Å². The van der Waals surface area contributed by atoms with Gasteiger partial charge in [-0.05, 0) is 77.5 Å². The maximum atomic E-state index is 12.8. The van der Waals surface area contributed by atoms with E-state index in [2.05, 4.69) is 27.9 Å². The Morgan fingerprint density at radius 2 is 1.72 bits per heavy atom. The molecule has 0 bridgehead atoms. The van der Waals surface area contributed by atoms with E-state index in [-0.39, 0.29) is 10.7 Å². The Bertz CT molecular complexity index is 971. The number of nitrogens with one attached hydrogen (secondary N) is 1. The highest BCUT2D eigenvalue weighted by Gasteiger charge is 2.38. The van der Waals surface area contributed by atoms with Gasteiger partial charge in [0.05, 0.1) is 17.9 Å². The van der Waals surface area contributed by atoms with Crippen molar-refractivity contribution in [1.29, 1.82) is 0 Å². The van der Waals surface area contributed by atoms with Gasteiger partial charge in [0.15, 0.2) is 0 Å². The van der Waals surface area contributed by atoms with Gasteiger partial charge in [-0.25, -0.2) is 9.69 Å². The highest BCUT2D eigenvalue weighted by Crippen LogP contribution is 2.30. The summed E-state index contributed by atoms with van der Waals surface area (Å²) < 4.78 is 6.15. The van der Waals surface area contributed by atoms with Gasteiger partial charge in [0.2, 0.25) is 0 Å². The zero-order valence-corrected chi connectivity index (χ0v) is 18.5. The highest BCUT2D eigenvalue weighted by molar-refractivity contribution is 14.1. The minimum atomic E-state index is -0.587. The van der Waals surface area contributed by atoms with Crippen LogP contribution in [-0.4, -0.2) is 24.4 Å². The third-order valence-electron chi connectivity index (χ3n) is 4.23. The van der Waals surface area contributed by atoms with E-state index in [4.69, 9.17) is 16.3 Å². The molecule has 0 radical (unpaired) electrons. The second kappa shape index (κ2) is 9.41. The number of carbonyl (C=O) groups excluding carboxylic acids is 3. The monoisotopic (exact) mass is 524 g/mol. The average molecular weight is 525 g/mol. The van der Waals surface area contributed by atoms with Gasteiger partial charge in [0, 0.05) is 9.26 Å². The van der Waals surface area contributed by atoms with Crippen LogP contribution >= 0.6 is 34.2 Å². The molecule has 0 atom stereocenters. The number of ether oxygens (including phenoxy) is 1. The number of nitrogens with zero attached hydrogens (tertiary/aromatic N) is 1. The number of imide groups is 1. The molecular weight excluding hydrogens is 507 g/mol. The van der Waals surface area contributed by atoms with E-state index in [0.717, 1.165) is 21.3 Å². The van der Waals surface area contributed by atoms with E-state index in [1.165, 1.54) is 0 Å². The SMILES string of the molecule is CCCCOC(=O)c1ccc(NC2=C(Cl)C(=O)N(c3ccc(I)cc3)C2=O)cc1. The van der Waals surface area contributed by atoms with Crippen molar-refractivity contribution in [1.82, 2.24) is 0 Å². The van der Waals surface area contributed by atoms with Crippen molar-refractivity contribution < 1.29 is 19.1 Å². The number of amides is 2. The van der Waals surface area contributed by atoms with Gasteiger partial charge in [0.1, 0.15) is 10.7 Å². The first-order valence-corrected chi connectivity index (χ1v) is 10.5. The van der Waals surface area contributed by atoms with Crippen LogP contribution in [0.1, 0.15) is 30.1 Å². The first kappa shape index (κ1) is 21.3. The van der Waals surface area contributed by atoms with Gasteiger partial charge in [-0.15, -0.1) is 0 Å². The summed E-state index contributed by atoms with van der Waals surface area (Å²) >= 11 is 8.27. The van der Waals surface area contributed by atoms with Crippen molar-refractivity contribution in [3.8, 4) is 0 Å². The predicted molar refractivity (Wildman–Crippen MR) is 120 cm³/mol. The molecule has 0 saturated heterocycles. The van der Waals surface area contributed by atoms with Crippen molar-refractivity contribution >= 4 is 63.4 Å². The fourth-order valence-electron chi connectivity index (χ4n) is 2.66. The lowest BCUT2D eigenvalue weighted by Crippen LogP contribution is -2.32. The molecule has 0 saturated carbocycles. The van der Waals surface area contributed by atoms with Crippen molar-refractivity contribution in [2.75, 3.05) is 16.8 Å². The summed E-state index contributed by atoms with van der Waals surface area (Å²) in [6.45, 7) is 2.39. The number of halogens is 2. The van der Waals surface area contributed by atoms with Gasteiger partial charge < -0.3 is 10.1 Å². The van der Waals surface area contributed by atoms with E-state index in [9.17, 15) is 14.4 Å². The van der Waals surface area contributed by atoms with E-state index in [0.29, 0.717) is 23.5 Å². The summed E-state index contributed by atoms with van der Waals surface area (Å²) in [5, 5.41) is 2.70. The van der Waals surface area contributed by atoms with Crippen LogP contribution < -0.4 is 10.2 Å². The predicted octanol–water partition coefficient (Wildman–Crippen LogP) is 4.68. The molecule has 0 unspecified atom stereocenters. The average Bonchev–Trinajstić information content (AvgIpc) is 2.93. The molecule has 8 heteroatoms. The topological polar surface area (TPSA) is 75.7 Å². The first-order valence-electron chi connectivity index (χ1n) is 9.00. The number of carbonyl (C=O) groups is 3. The molecule has 3 rings (SSSR count). The minimum Gasteiger partial charge on any atom is -0.462 e. The molecule has 1 aliphatic heterocycles. The fourth-order valence-corrected chi connectivity index (χ4v) is 3.23. The van der Waals surface area contributed by atoms with Crippen LogP contribution in [0.4, 0.5) is 11.4 Å². The van der Waals surface area contributed by atoms with Gasteiger partial charge >= 0.3 is 5.97 Å². The quantitative estimate of drug-likeness (QED) is 0.246. The summed E-state index contributed by atoms with van der Waals surface area (Å²) in [6, 6.07) is 13.4. The summed E-state index contributed by atoms with van der Waals surface area (Å²) in [5.74, 6) is -1.53. The summed E-state index contributed by atoms with van der Waals surface area (Å²) in [6.07, 6.45) is 1.75. The molecule has 0 spiro atoms. The number of hydrogen-bond acceptors (Lipinski definition) is 5. The van der Waals surface area contributed by atoms with E-state index < -0.39 is 17.8 Å². The van der Waals surface area contributed by atoms with E-state index in [1.807, 2.05) is 6.92 Å². The Labute approximate surface area is 187 Å². The molecule has 0 aromatic heterocycles. The summed E-state index contributed by atoms with van der Waals surface area (Å²) in [7, 11) is 0. The van der Waals surface area contributed by atoms with Gasteiger partial charge in [-0.1, -0.05) is 24.9 Å². The van der Waals surface area contributed by atoms with E-state index >= 15 is 0 Å². The van der Waals surface area contributed by atoms with Crippen LogP contribution in [0.25, 0.3) is 0 Å². The summed E-state index contributed by atoms with van der Waals surface area (Å²) in [5.41, 5.74) is 1.36. The molecule has 2 aromatic rings. The van der Waals surface area contributed by atoms with Crippen LogP contribution in [0, 0.1) is 3.57 Å². The third kappa shape index (κ3) is 4.79. The third-order valence-corrected chi connectivity index (χ3v) is 5.30. The molecule has 0 fully saturated rings. The molecular formula is C21H18ClIN2O4. The molecule has 1 heterocycles. The normalized spacial score (nSPS) is 13.8. The second-order valence-corrected chi connectivity index (χ2v) is 7.93. The molecule has 0 aliphatic carbocycles. The second-order valence-electron chi connectivity index (χ2n) is 6.30. The van der Waals surface area contributed by atoms with Crippen LogP contribution in [0.15, 0.2) is 59.3 Å². The lowest BCUT2D eigenvalue weighted by molar-refractivity contribution is -0.120. The Morgan fingerprint density at radius 1 is 1.07 bits per heavy atom. The van der Waals surface area contributed by atoms with Crippen molar-refractivity contribution in [3.63, 3.8) is 0 Å². The molecule has 29 heavy (non-hydrogen) atoms. The van der Waals surface area contributed by atoms with Crippen LogP contribution in [0.3, 0.4) is 0 Å². The van der Waals surface area contributed by atoms with E-state index in [1.54, 1.807) is 48.5 Å².